The molecule has 2 unspecified atom stereocenters. The molecule has 4 atom stereocenters. The molecule has 0 aromatic heterocycles. The molecule has 0 aliphatic carbocycles. The maximum Gasteiger partial charge on any atom is 0.351 e. The van der Waals surface area contributed by atoms with Crippen molar-refractivity contribution < 1.29 is 34.0 Å². The van der Waals surface area contributed by atoms with Gasteiger partial charge in [-0.05, 0) is 6.08 Å². The van der Waals surface area contributed by atoms with Gasteiger partial charge in [0.2, 0.25) is 6.35 Å². The molecule has 2 heterocycles. The van der Waals surface area contributed by atoms with Gasteiger partial charge in [-0.25, -0.2) is 4.99 Å². The molecule has 10 nitrogen and oxygen atoms in total. The maximum atomic E-state index is 10.7. The first kappa shape index (κ1) is 15.4. The average molecular weight is 309 g/mol. The summed E-state index contributed by atoms with van der Waals surface area (Å²) < 4.78 is 20.9. The highest BCUT2D eigenvalue weighted by atomic mass is 31.2. The molecule has 6 N–H and O–H groups in total. The lowest BCUT2D eigenvalue weighted by Gasteiger charge is -2.32. The summed E-state index contributed by atoms with van der Waals surface area (Å²) in [5, 5.41) is 19.6. The van der Waals surface area contributed by atoms with E-state index in [1.807, 2.05) is 0 Å². The molecule has 0 aromatic carbocycles. The Hall–Kier alpha value is -1.00. The van der Waals surface area contributed by atoms with E-state index in [0.29, 0.717) is 0 Å². The van der Waals surface area contributed by atoms with Gasteiger partial charge >= 0.3 is 7.60 Å². The minimum Gasteiger partial charge on any atom is -0.388 e. The SMILES string of the molecule is NC1=NC(O)N([C@@H]2O[C@H](OCP(=O)(O)O)CC2O)C=C1. The molecule has 2 rings (SSSR count). The van der Waals surface area contributed by atoms with Gasteiger partial charge in [-0.2, -0.15) is 0 Å². The zero-order valence-corrected chi connectivity index (χ0v) is 11.2. The highest BCUT2D eigenvalue weighted by Gasteiger charge is 2.40. The van der Waals surface area contributed by atoms with E-state index in [2.05, 4.69) is 4.99 Å². The van der Waals surface area contributed by atoms with Crippen LogP contribution in [-0.4, -0.2) is 62.1 Å². The van der Waals surface area contributed by atoms with Gasteiger partial charge in [-0.1, -0.05) is 0 Å². The first-order valence-corrected chi connectivity index (χ1v) is 7.53. The third kappa shape index (κ3) is 3.76. The van der Waals surface area contributed by atoms with Crippen LogP contribution in [0.15, 0.2) is 17.3 Å². The van der Waals surface area contributed by atoms with Crippen molar-refractivity contribution in [3.05, 3.63) is 12.3 Å². The van der Waals surface area contributed by atoms with E-state index in [4.69, 9.17) is 25.0 Å². The molecule has 11 heteroatoms. The summed E-state index contributed by atoms with van der Waals surface area (Å²) in [6.45, 7) is 0. The Balaban J connectivity index is 1.94. The summed E-state index contributed by atoms with van der Waals surface area (Å²) in [4.78, 5) is 22.3. The molecular weight excluding hydrogens is 293 g/mol. The predicted molar refractivity (Wildman–Crippen MR) is 65.9 cm³/mol. The molecule has 0 amide bonds. The van der Waals surface area contributed by atoms with Crippen molar-refractivity contribution in [3.63, 3.8) is 0 Å². The fourth-order valence-electron chi connectivity index (χ4n) is 1.87. The molecule has 0 saturated carbocycles. The van der Waals surface area contributed by atoms with Crippen LogP contribution in [-0.2, 0) is 14.0 Å². The summed E-state index contributed by atoms with van der Waals surface area (Å²) >= 11 is 0. The highest BCUT2D eigenvalue weighted by molar-refractivity contribution is 7.51. The Morgan fingerprint density at radius 2 is 2.25 bits per heavy atom. The number of rotatable bonds is 4. The molecule has 2 aliphatic rings. The molecule has 0 radical (unpaired) electrons. The third-order valence-electron chi connectivity index (χ3n) is 2.73. The number of aliphatic hydroxyl groups excluding tert-OH is 2. The largest absolute Gasteiger partial charge is 0.388 e. The molecule has 1 fully saturated rings. The molecule has 1 saturated heterocycles. The van der Waals surface area contributed by atoms with E-state index < -0.39 is 38.9 Å². The highest BCUT2D eigenvalue weighted by Crippen LogP contribution is 2.36. The number of aliphatic imine (C=N–C) groups is 1. The van der Waals surface area contributed by atoms with Crippen LogP contribution in [0, 0.1) is 0 Å². The normalized spacial score (nSPS) is 34.4. The van der Waals surface area contributed by atoms with E-state index in [1.54, 1.807) is 0 Å². The van der Waals surface area contributed by atoms with Crippen molar-refractivity contribution in [2.45, 2.75) is 31.4 Å². The van der Waals surface area contributed by atoms with Gasteiger partial charge in [0.05, 0.1) is 0 Å². The minimum absolute atomic E-state index is 0.0148. The number of nitrogens with zero attached hydrogens (tertiary/aromatic N) is 2. The summed E-state index contributed by atoms with van der Waals surface area (Å²) in [5.74, 6) is 0.135. The monoisotopic (exact) mass is 309 g/mol. The van der Waals surface area contributed by atoms with Crippen LogP contribution < -0.4 is 5.73 Å². The van der Waals surface area contributed by atoms with Crippen molar-refractivity contribution in [1.29, 1.82) is 0 Å². The molecule has 2 aliphatic heterocycles. The van der Waals surface area contributed by atoms with Gasteiger partial charge in [0.1, 0.15) is 11.9 Å². The number of hydrogen-bond donors (Lipinski definition) is 5. The van der Waals surface area contributed by atoms with Gasteiger partial charge < -0.3 is 40.1 Å². The third-order valence-corrected chi connectivity index (χ3v) is 3.21. The zero-order valence-electron chi connectivity index (χ0n) is 10.3. The summed E-state index contributed by atoms with van der Waals surface area (Å²) in [5.41, 5.74) is 5.41. The van der Waals surface area contributed by atoms with Gasteiger partial charge in [-0.3, -0.25) is 4.57 Å². The number of hydrogen-bond acceptors (Lipinski definition) is 8. The predicted octanol–water partition coefficient (Wildman–Crippen LogP) is -1.97. The fraction of sp³-hybridized carbons (Fsp3) is 0.667. The van der Waals surface area contributed by atoms with E-state index in [0.717, 1.165) is 0 Å². The Labute approximate surface area is 114 Å². The standard InChI is InChI=1S/C9H16N3O7P/c10-6-1-2-12(9(14)11-6)8-5(13)3-7(19-8)18-4-20(15,16)17/h1-2,5,7-9,13-14H,3-4H2,(H2,10,11)(H2,15,16,17)/t5?,7-,8+,9?/m0/s1. The lowest BCUT2D eigenvalue weighted by atomic mass is 10.2. The zero-order chi connectivity index (χ0) is 14.9. The molecule has 114 valence electrons. The van der Waals surface area contributed by atoms with E-state index >= 15 is 0 Å². The van der Waals surface area contributed by atoms with Crippen LogP contribution >= 0.6 is 7.60 Å². The van der Waals surface area contributed by atoms with E-state index in [1.165, 1.54) is 17.2 Å². The van der Waals surface area contributed by atoms with Gasteiger partial charge in [0, 0.05) is 12.6 Å². The quantitative estimate of drug-likeness (QED) is 0.371. The average Bonchev–Trinajstić information content (AvgIpc) is 2.67. The first-order valence-electron chi connectivity index (χ1n) is 5.73. The first-order chi connectivity index (χ1) is 9.26. The second-order valence-electron chi connectivity index (χ2n) is 4.38. The van der Waals surface area contributed by atoms with Crippen LogP contribution in [0.4, 0.5) is 0 Å². The topological polar surface area (TPSA) is 158 Å². The summed E-state index contributed by atoms with van der Waals surface area (Å²) in [6.07, 6.45) is -2.20. The van der Waals surface area contributed by atoms with Crippen molar-refractivity contribution in [1.82, 2.24) is 4.90 Å². The molecular formula is C9H16N3O7P. The Morgan fingerprint density at radius 3 is 2.85 bits per heavy atom. The lowest BCUT2D eigenvalue weighted by molar-refractivity contribution is -0.181. The second-order valence-corrected chi connectivity index (χ2v) is 5.97. The van der Waals surface area contributed by atoms with Gasteiger partial charge in [0.25, 0.3) is 0 Å². The minimum atomic E-state index is -4.31. The van der Waals surface area contributed by atoms with Crippen LogP contribution in [0.2, 0.25) is 0 Å². The summed E-state index contributed by atoms with van der Waals surface area (Å²) in [6, 6.07) is 0. The number of nitrogens with two attached hydrogens (primary N) is 1. The van der Waals surface area contributed by atoms with Gasteiger partial charge in [0.15, 0.2) is 18.9 Å². The Morgan fingerprint density at radius 1 is 1.55 bits per heavy atom. The maximum absolute atomic E-state index is 10.7. The smallest absolute Gasteiger partial charge is 0.351 e. The van der Waals surface area contributed by atoms with Crippen LogP contribution in [0.1, 0.15) is 6.42 Å². The Bertz CT molecular complexity index is 464. The number of aliphatic hydroxyl groups is 2. The van der Waals surface area contributed by atoms with Gasteiger partial charge in [-0.15, -0.1) is 0 Å². The molecule has 0 aromatic rings. The second kappa shape index (κ2) is 5.78. The Kier molecular flexibility index (Phi) is 4.45. The molecule has 20 heavy (non-hydrogen) atoms. The van der Waals surface area contributed by atoms with E-state index in [9.17, 15) is 14.8 Å². The lowest BCUT2D eigenvalue weighted by Crippen LogP contribution is -2.46. The molecule has 0 bridgehead atoms. The van der Waals surface area contributed by atoms with Crippen LogP contribution in [0.25, 0.3) is 0 Å². The number of amidine groups is 1. The van der Waals surface area contributed by atoms with Crippen LogP contribution in [0.5, 0.6) is 0 Å². The van der Waals surface area contributed by atoms with E-state index in [-0.39, 0.29) is 12.3 Å². The summed E-state index contributed by atoms with van der Waals surface area (Å²) in [7, 11) is -4.31. The van der Waals surface area contributed by atoms with Crippen molar-refractivity contribution in [2.24, 2.45) is 10.7 Å². The van der Waals surface area contributed by atoms with Crippen LogP contribution in [0.3, 0.4) is 0 Å². The fourth-order valence-corrected chi connectivity index (χ4v) is 2.23. The molecule has 0 spiro atoms. The van der Waals surface area contributed by atoms with Crippen molar-refractivity contribution >= 4 is 13.4 Å². The van der Waals surface area contributed by atoms with Crippen molar-refractivity contribution in [3.8, 4) is 0 Å². The number of ether oxygens (including phenoxy) is 2. The van der Waals surface area contributed by atoms with Crippen molar-refractivity contribution in [2.75, 3.05) is 6.35 Å².